The minimum Gasteiger partial charge on any atom is -0.379 e. The molecular formula is C23H47B3O12P2S. The molecule has 0 aromatic carbocycles. The fourth-order valence-electron chi connectivity index (χ4n) is 5.07. The number of ether oxygens (including phenoxy) is 5. The Kier molecular flexibility index (Phi) is 12.6. The van der Waals surface area contributed by atoms with Gasteiger partial charge in [0.1, 0.15) is 41.9 Å². The van der Waals surface area contributed by atoms with E-state index in [1.54, 1.807) is 0 Å². The Morgan fingerprint density at radius 3 is 1.68 bits per heavy atom. The normalized spacial score (nSPS) is 37.7. The zero-order valence-electron chi connectivity index (χ0n) is 25.7. The van der Waals surface area contributed by atoms with Crippen LogP contribution in [0.25, 0.3) is 0 Å². The highest BCUT2D eigenvalue weighted by Crippen LogP contribution is 2.56. The van der Waals surface area contributed by atoms with Crippen molar-refractivity contribution in [1.82, 2.24) is 0 Å². The summed E-state index contributed by atoms with van der Waals surface area (Å²) < 4.78 is 77.6. The van der Waals surface area contributed by atoms with Crippen LogP contribution in [0.1, 0.15) is 60.8 Å². The molecule has 3 fully saturated rings. The van der Waals surface area contributed by atoms with Gasteiger partial charge in [-0.3, -0.25) is 18.1 Å². The van der Waals surface area contributed by atoms with Crippen LogP contribution in [0.15, 0.2) is 0 Å². The lowest BCUT2D eigenvalue weighted by Gasteiger charge is -2.29. The average Bonchev–Trinajstić information content (AvgIpc) is 3.43. The predicted octanol–water partition coefficient (Wildman–Crippen LogP) is 1.17. The van der Waals surface area contributed by atoms with Crippen molar-refractivity contribution >= 4 is 50.4 Å². The lowest BCUT2D eigenvalue weighted by Crippen LogP contribution is -2.35. The Labute approximate surface area is 252 Å². The van der Waals surface area contributed by atoms with Gasteiger partial charge in [-0.1, -0.05) is 12.2 Å². The molecule has 0 bridgehead atoms. The van der Waals surface area contributed by atoms with Crippen LogP contribution >= 0.6 is 26.9 Å². The van der Waals surface area contributed by atoms with E-state index in [0.717, 1.165) is 0 Å². The summed E-state index contributed by atoms with van der Waals surface area (Å²) in [6.07, 6.45) is -1.92. The number of hydrogen-bond acceptors (Lipinski definition) is 11. The molecule has 3 aliphatic rings. The van der Waals surface area contributed by atoms with Crippen molar-refractivity contribution in [3.8, 4) is 0 Å². The van der Waals surface area contributed by atoms with E-state index in [1.165, 1.54) is 0 Å². The maximum absolute atomic E-state index is 13.2. The van der Waals surface area contributed by atoms with E-state index < -0.39 is 50.7 Å². The molecule has 0 radical (unpaired) electrons. The van der Waals surface area contributed by atoms with Crippen LogP contribution < -0.4 is 0 Å². The molecule has 0 spiro atoms. The van der Waals surface area contributed by atoms with Crippen LogP contribution in [-0.4, -0.2) is 114 Å². The molecule has 0 aromatic heterocycles. The molecule has 18 heteroatoms. The quantitative estimate of drug-likeness (QED) is 0.170. The third kappa shape index (κ3) is 12.5. The van der Waals surface area contributed by atoms with Gasteiger partial charge < -0.3 is 28.6 Å². The molecule has 1 N–H and O–H groups in total. The zero-order chi connectivity index (χ0) is 30.8. The summed E-state index contributed by atoms with van der Waals surface area (Å²) >= 11 is 4.17. The van der Waals surface area contributed by atoms with Crippen LogP contribution in [0.2, 0.25) is 0 Å². The molecule has 3 heterocycles. The Morgan fingerprint density at radius 2 is 1.17 bits per heavy atom. The second-order valence-corrected chi connectivity index (χ2v) is 17.5. The monoisotopic (exact) mass is 642 g/mol. The van der Waals surface area contributed by atoms with Gasteiger partial charge in [-0.2, -0.15) is 0 Å². The molecule has 41 heavy (non-hydrogen) atoms. The topological polar surface area (TPSA) is 137 Å². The molecule has 12 nitrogen and oxygen atoms in total. The van der Waals surface area contributed by atoms with E-state index in [4.69, 9.17) is 41.8 Å². The van der Waals surface area contributed by atoms with E-state index in [-0.39, 0.29) is 49.5 Å². The molecule has 0 aliphatic carbocycles. The largest absolute Gasteiger partial charge is 0.472 e. The van der Waals surface area contributed by atoms with E-state index >= 15 is 0 Å². The van der Waals surface area contributed by atoms with E-state index in [0.29, 0.717) is 19.3 Å². The Balaban J connectivity index is 1.52. The second-order valence-electron chi connectivity index (χ2n) is 13.2. The van der Waals surface area contributed by atoms with E-state index in [9.17, 15) is 14.0 Å². The van der Waals surface area contributed by atoms with Crippen molar-refractivity contribution in [1.29, 1.82) is 0 Å². The third-order valence-electron chi connectivity index (χ3n) is 6.68. The van der Waals surface area contributed by atoms with Crippen molar-refractivity contribution in [3.05, 3.63) is 0 Å². The molecule has 236 valence electrons. The number of phosphoric acid groups is 1. The van der Waals surface area contributed by atoms with Crippen molar-refractivity contribution in [2.45, 2.75) is 127 Å². The predicted molar refractivity (Wildman–Crippen MR) is 164 cm³/mol. The first-order valence-electron chi connectivity index (χ1n) is 14.3. The van der Waals surface area contributed by atoms with Gasteiger partial charge in [0.2, 0.25) is 0 Å². The highest BCUT2D eigenvalue weighted by molar-refractivity contribution is 8.44. The van der Waals surface area contributed by atoms with Gasteiger partial charge in [-0.15, -0.1) is 0 Å². The maximum atomic E-state index is 13.2. The lowest BCUT2D eigenvalue weighted by molar-refractivity contribution is -0.0975. The molecule has 3 rings (SSSR count). The molecular weight excluding hydrogens is 595 g/mol. The fraction of sp³-hybridized carbons (Fsp3) is 1.00. The Bertz CT molecular complexity index is 954. The minimum atomic E-state index is -4.50. The lowest BCUT2D eigenvalue weighted by atomic mass is 9.96. The van der Waals surface area contributed by atoms with Crippen LogP contribution in [0.3, 0.4) is 0 Å². The number of thiol groups is 1. The summed E-state index contributed by atoms with van der Waals surface area (Å²) in [4.78, 5) is 10.5. The van der Waals surface area contributed by atoms with Gasteiger partial charge in [0.25, 0.3) is 0 Å². The minimum absolute atomic E-state index is 0.0292. The number of hydrogen-bond donors (Lipinski definition) is 2. The van der Waals surface area contributed by atoms with Crippen molar-refractivity contribution in [3.63, 3.8) is 0 Å². The van der Waals surface area contributed by atoms with Crippen LogP contribution in [0, 0.1) is 0 Å². The summed E-state index contributed by atoms with van der Waals surface area (Å²) in [5.74, 6) is 0. The summed E-state index contributed by atoms with van der Waals surface area (Å²) in [5, 5.41) is 0. The molecule has 3 saturated heterocycles. The van der Waals surface area contributed by atoms with Crippen LogP contribution in [0.5, 0.6) is 0 Å². The van der Waals surface area contributed by atoms with Gasteiger partial charge in [0.15, 0.2) is 0 Å². The highest BCUT2D eigenvalue weighted by Gasteiger charge is 2.44. The van der Waals surface area contributed by atoms with Gasteiger partial charge in [-0.05, 0) is 60.8 Å². The summed E-state index contributed by atoms with van der Waals surface area (Å²) in [6, 6.07) is -0.464. The highest BCUT2D eigenvalue weighted by atomic mass is 32.7. The van der Waals surface area contributed by atoms with Crippen molar-refractivity contribution in [2.24, 2.45) is 0 Å². The summed E-state index contributed by atoms with van der Waals surface area (Å²) in [5.41, 5.74) is -0.771. The molecule has 2 unspecified atom stereocenters. The first kappa shape index (κ1) is 36.1. The second kappa shape index (κ2) is 14.4. The molecule has 0 aromatic rings. The smallest absolute Gasteiger partial charge is 0.379 e. The summed E-state index contributed by atoms with van der Waals surface area (Å²) in [6.45, 7) is 7.63. The zero-order valence-corrected chi connectivity index (χ0v) is 28.4. The SMILES string of the molecule is B[C@H]1C[C@@H](OC(C)(C)C)[C@@H](COP(=O)(S)O[C@@H]2C[C@H](B)O[C@@H]2COP(=O)(O)O[C@@H]2C[C@H](B)O[C@@H]2COC(C)(C)C)O1. The third-order valence-corrected chi connectivity index (χ3v) is 9.34. The first-order valence-corrected chi connectivity index (χ1v) is 18.5. The van der Waals surface area contributed by atoms with Gasteiger partial charge in [-0.25, -0.2) is 9.13 Å². The fourth-order valence-corrected chi connectivity index (χ4v) is 7.56. The Morgan fingerprint density at radius 1 is 0.732 bits per heavy atom. The molecule has 11 atom stereocenters. The average molecular weight is 642 g/mol. The van der Waals surface area contributed by atoms with Crippen LogP contribution in [-0.2, 0) is 50.9 Å². The first-order chi connectivity index (χ1) is 18.7. The molecule has 0 saturated carbocycles. The van der Waals surface area contributed by atoms with Gasteiger partial charge in [0.05, 0.1) is 49.3 Å². The number of rotatable bonds is 13. The van der Waals surface area contributed by atoms with Crippen molar-refractivity contribution in [2.75, 3.05) is 19.8 Å². The Hall–Kier alpha value is 0.605. The van der Waals surface area contributed by atoms with E-state index in [2.05, 4.69) is 12.2 Å². The van der Waals surface area contributed by atoms with Gasteiger partial charge >= 0.3 is 14.6 Å². The van der Waals surface area contributed by atoms with Gasteiger partial charge in [0, 0.05) is 18.0 Å². The maximum Gasteiger partial charge on any atom is 0.472 e. The molecule has 3 aliphatic heterocycles. The number of phosphoric ester groups is 1. The van der Waals surface area contributed by atoms with Crippen molar-refractivity contribution < 1.29 is 55.8 Å². The standard InChI is InChI=1S/C23H47B3O12P2S/c1-22(2,3)30-10-16-14(8-20(25)33-16)37-39(27,28)31-11-18-15(9-21(26)35-18)38-40(29,41)32-12-17-13(7-19(24)34-17)36-23(4,5)6/h13-21H,7-12,24-26H2,1-6H3,(H,27,28)(H,29,41)/t13-,14-,15-,16-,17-,18-,19-,20-,21-,40?/m1/s1. The summed E-state index contributed by atoms with van der Waals surface area (Å²) in [7, 11) is 1.12. The van der Waals surface area contributed by atoms with E-state index in [1.807, 2.05) is 65.1 Å². The van der Waals surface area contributed by atoms with Crippen LogP contribution in [0.4, 0.5) is 0 Å². The molecule has 0 amide bonds.